The van der Waals surface area contributed by atoms with Crippen LogP contribution >= 0.6 is 0 Å². The molecular weight excluding hydrogens is 366 g/mol. The highest BCUT2D eigenvalue weighted by Crippen LogP contribution is 2.43. The van der Waals surface area contributed by atoms with Crippen LogP contribution in [0, 0.1) is 16.0 Å². The first-order valence-electron chi connectivity index (χ1n) is 9.67. The molecule has 0 saturated carbocycles. The van der Waals surface area contributed by atoms with Gasteiger partial charge in [0.25, 0.3) is 5.69 Å². The maximum Gasteiger partial charge on any atom is 0.269 e. The number of ether oxygens (including phenoxy) is 1. The molecule has 29 heavy (non-hydrogen) atoms. The highest BCUT2D eigenvalue weighted by Gasteiger charge is 2.37. The summed E-state index contributed by atoms with van der Waals surface area (Å²) in [5.74, 6) is -0.292. The lowest BCUT2D eigenvalue weighted by atomic mass is 9.81. The first kappa shape index (κ1) is 19.0. The Morgan fingerprint density at radius 1 is 0.828 bits per heavy atom. The smallest absolute Gasteiger partial charge is 0.269 e. The fourth-order valence-electron chi connectivity index (χ4n) is 3.92. The van der Waals surface area contributed by atoms with Crippen molar-refractivity contribution in [3.63, 3.8) is 0 Å². The van der Waals surface area contributed by atoms with E-state index in [9.17, 15) is 14.9 Å². The van der Waals surface area contributed by atoms with Crippen molar-refractivity contribution in [1.29, 1.82) is 0 Å². The van der Waals surface area contributed by atoms with Crippen LogP contribution in [0.4, 0.5) is 5.69 Å². The van der Waals surface area contributed by atoms with Crippen LogP contribution < -0.4 is 0 Å². The van der Waals surface area contributed by atoms with Crippen LogP contribution in [0.15, 0.2) is 84.9 Å². The zero-order chi connectivity index (χ0) is 20.2. The average molecular weight is 387 g/mol. The number of benzene rings is 3. The molecule has 0 unspecified atom stereocenters. The van der Waals surface area contributed by atoms with Gasteiger partial charge in [-0.3, -0.25) is 14.9 Å². The Morgan fingerprint density at radius 3 is 2.07 bits per heavy atom. The lowest BCUT2D eigenvalue weighted by Crippen LogP contribution is -2.31. The van der Waals surface area contributed by atoms with Crippen molar-refractivity contribution in [2.75, 3.05) is 0 Å². The summed E-state index contributed by atoms with van der Waals surface area (Å²) in [5.41, 5.74) is 2.54. The molecule has 146 valence electrons. The Labute approximate surface area is 169 Å². The van der Waals surface area contributed by atoms with E-state index in [1.165, 1.54) is 12.1 Å². The molecule has 3 aromatic rings. The van der Waals surface area contributed by atoms with Gasteiger partial charge >= 0.3 is 0 Å². The van der Waals surface area contributed by atoms with E-state index in [4.69, 9.17) is 4.74 Å². The number of hydrogen-bond donors (Lipinski definition) is 0. The Morgan fingerprint density at radius 2 is 1.45 bits per heavy atom. The van der Waals surface area contributed by atoms with Gasteiger partial charge in [0, 0.05) is 17.7 Å². The van der Waals surface area contributed by atoms with E-state index in [2.05, 4.69) is 0 Å². The van der Waals surface area contributed by atoms with E-state index in [1.54, 1.807) is 12.1 Å². The van der Waals surface area contributed by atoms with Crippen molar-refractivity contribution in [2.24, 2.45) is 5.92 Å². The third-order valence-electron chi connectivity index (χ3n) is 5.42. The van der Waals surface area contributed by atoms with Crippen molar-refractivity contribution in [1.82, 2.24) is 0 Å². The van der Waals surface area contributed by atoms with Gasteiger partial charge in [0.2, 0.25) is 0 Å². The second-order valence-electron chi connectivity index (χ2n) is 7.22. The number of carbonyl (C=O) groups excluding carboxylic acids is 1. The lowest BCUT2D eigenvalue weighted by molar-refractivity contribution is -0.384. The molecule has 0 aromatic heterocycles. The Hall–Kier alpha value is -3.31. The summed E-state index contributed by atoms with van der Waals surface area (Å²) < 4.78 is 6.42. The molecule has 0 N–H and O–H groups in total. The third kappa shape index (κ3) is 4.10. The number of hydrogen-bond acceptors (Lipinski definition) is 4. The SMILES string of the molecule is O=C(c1ccccc1)[C@H]1CC[C@@H](c2ccccc2)O[C@H]1c1ccc([N+](=O)[O-])cc1. The number of nitro benzene ring substituents is 1. The molecule has 1 saturated heterocycles. The van der Waals surface area contributed by atoms with E-state index in [0.717, 1.165) is 17.5 Å². The van der Waals surface area contributed by atoms with Gasteiger partial charge in [-0.15, -0.1) is 0 Å². The van der Waals surface area contributed by atoms with Crippen LogP contribution in [0.2, 0.25) is 0 Å². The minimum Gasteiger partial charge on any atom is -0.365 e. The molecular formula is C24H21NO4. The predicted molar refractivity (Wildman–Crippen MR) is 110 cm³/mol. The first-order valence-corrected chi connectivity index (χ1v) is 9.67. The molecule has 0 bridgehead atoms. The number of ketones is 1. The number of non-ortho nitro benzene ring substituents is 1. The summed E-state index contributed by atoms with van der Waals surface area (Å²) in [4.78, 5) is 23.8. The van der Waals surface area contributed by atoms with E-state index >= 15 is 0 Å². The summed E-state index contributed by atoms with van der Waals surface area (Å²) >= 11 is 0. The van der Waals surface area contributed by atoms with Gasteiger partial charge in [0.05, 0.1) is 23.0 Å². The largest absolute Gasteiger partial charge is 0.365 e. The Bertz CT molecular complexity index is 986. The fraction of sp³-hybridized carbons (Fsp3) is 0.208. The standard InChI is InChI=1S/C24H21NO4/c26-23(18-9-5-2-6-10-18)21-15-16-22(17-7-3-1-4-8-17)29-24(21)19-11-13-20(14-12-19)25(27)28/h1-14,21-22,24H,15-16H2/t21-,22+,24+/m1/s1. The molecule has 0 spiro atoms. The summed E-state index contributed by atoms with van der Waals surface area (Å²) in [6.45, 7) is 0. The van der Waals surface area contributed by atoms with Crippen LogP contribution in [0.3, 0.4) is 0 Å². The minimum absolute atomic E-state index is 0.0232. The summed E-state index contributed by atoms with van der Waals surface area (Å²) in [6.07, 6.45) is 0.866. The molecule has 0 amide bonds. The van der Waals surface area contributed by atoms with Crippen LogP contribution in [-0.2, 0) is 4.74 Å². The zero-order valence-corrected chi connectivity index (χ0v) is 15.8. The molecule has 5 heteroatoms. The molecule has 4 rings (SSSR count). The third-order valence-corrected chi connectivity index (χ3v) is 5.42. The van der Waals surface area contributed by atoms with Gasteiger partial charge in [0.1, 0.15) is 0 Å². The van der Waals surface area contributed by atoms with Crippen molar-refractivity contribution < 1.29 is 14.5 Å². The van der Waals surface area contributed by atoms with E-state index in [-0.39, 0.29) is 23.5 Å². The maximum absolute atomic E-state index is 13.2. The molecule has 0 aliphatic carbocycles. The van der Waals surface area contributed by atoms with Crippen LogP contribution in [0.25, 0.3) is 0 Å². The van der Waals surface area contributed by atoms with Crippen LogP contribution in [0.1, 0.15) is 46.5 Å². The Balaban J connectivity index is 1.66. The van der Waals surface area contributed by atoms with Crippen molar-refractivity contribution in [3.05, 3.63) is 112 Å². The first-order chi connectivity index (χ1) is 14.1. The van der Waals surface area contributed by atoms with Crippen molar-refractivity contribution >= 4 is 11.5 Å². The molecule has 1 aliphatic rings. The van der Waals surface area contributed by atoms with Gasteiger partial charge in [-0.25, -0.2) is 0 Å². The van der Waals surface area contributed by atoms with Crippen molar-refractivity contribution in [2.45, 2.75) is 25.0 Å². The monoisotopic (exact) mass is 387 g/mol. The molecule has 3 aromatic carbocycles. The van der Waals surface area contributed by atoms with Crippen LogP contribution in [0.5, 0.6) is 0 Å². The second kappa shape index (κ2) is 8.37. The number of nitro groups is 1. The van der Waals surface area contributed by atoms with Gasteiger partial charge in [-0.1, -0.05) is 60.7 Å². The predicted octanol–water partition coefficient (Wildman–Crippen LogP) is 5.69. The number of Topliss-reactive ketones (excluding diaryl/α,β-unsaturated/α-hetero) is 1. The second-order valence-corrected chi connectivity index (χ2v) is 7.22. The Kier molecular flexibility index (Phi) is 5.49. The molecule has 3 atom stereocenters. The number of rotatable bonds is 5. The number of nitrogens with zero attached hydrogens (tertiary/aromatic N) is 1. The van der Waals surface area contributed by atoms with Crippen LogP contribution in [-0.4, -0.2) is 10.7 Å². The molecule has 0 radical (unpaired) electrons. The van der Waals surface area contributed by atoms with Gasteiger partial charge in [-0.2, -0.15) is 0 Å². The lowest BCUT2D eigenvalue weighted by Gasteiger charge is -2.36. The molecule has 1 aliphatic heterocycles. The topological polar surface area (TPSA) is 69.4 Å². The van der Waals surface area contributed by atoms with Crippen molar-refractivity contribution in [3.8, 4) is 0 Å². The summed E-state index contributed by atoms with van der Waals surface area (Å²) in [6, 6.07) is 25.5. The molecule has 1 heterocycles. The minimum atomic E-state index is -0.456. The number of carbonyl (C=O) groups is 1. The van der Waals surface area contributed by atoms with Gasteiger partial charge in [-0.05, 0) is 36.1 Å². The highest BCUT2D eigenvalue weighted by molar-refractivity contribution is 5.98. The summed E-state index contributed by atoms with van der Waals surface area (Å²) in [7, 11) is 0. The summed E-state index contributed by atoms with van der Waals surface area (Å²) in [5, 5.41) is 11.0. The van der Waals surface area contributed by atoms with E-state index in [1.807, 2.05) is 60.7 Å². The molecule has 5 nitrogen and oxygen atoms in total. The quantitative estimate of drug-likeness (QED) is 0.320. The van der Waals surface area contributed by atoms with E-state index < -0.39 is 11.0 Å². The van der Waals surface area contributed by atoms with E-state index in [0.29, 0.717) is 12.0 Å². The fourth-order valence-corrected chi connectivity index (χ4v) is 3.92. The maximum atomic E-state index is 13.2. The zero-order valence-electron chi connectivity index (χ0n) is 15.8. The molecule has 1 fully saturated rings. The van der Waals surface area contributed by atoms with Gasteiger partial charge < -0.3 is 4.74 Å². The normalized spacial score (nSPS) is 21.4. The highest BCUT2D eigenvalue weighted by atomic mass is 16.6. The average Bonchev–Trinajstić information content (AvgIpc) is 2.79. The van der Waals surface area contributed by atoms with Gasteiger partial charge in [0.15, 0.2) is 5.78 Å².